The van der Waals surface area contributed by atoms with Crippen LogP contribution in [-0.4, -0.2) is 65.9 Å². The third-order valence-electron chi connectivity index (χ3n) is 7.75. The van der Waals surface area contributed by atoms with E-state index in [-0.39, 0.29) is 23.9 Å². The second-order valence-electron chi connectivity index (χ2n) is 10.7. The van der Waals surface area contributed by atoms with Gasteiger partial charge in [0.2, 0.25) is 0 Å². The van der Waals surface area contributed by atoms with Gasteiger partial charge in [-0.15, -0.1) is 0 Å². The number of aromatic nitrogens is 1. The molecule has 0 unspecified atom stereocenters. The second kappa shape index (κ2) is 12.9. The SMILES string of the molecule is NC1CCC(NC(=O)c2ccc(N3CCCN(C(=O)c4cccnc4)CC3)c(NC(=O)c3ccc(F)cc3)c2)CC1. The molecule has 10 heteroatoms. The fraction of sp³-hybridized carbons (Fsp3) is 0.355. The van der Waals surface area contributed by atoms with Gasteiger partial charge in [0.05, 0.1) is 16.9 Å². The molecule has 2 aliphatic rings. The van der Waals surface area contributed by atoms with E-state index in [0.717, 1.165) is 37.8 Å². The number of carbonyl (C=O) groups is 3. The van der Waals surface area contributed by atoms with Crippen LogP contribution in [0.3, 0.4) is 0 Å². The standard InChI is InChI=1S/C31H35FN6O3/c32-24-7-4-21(5-8-24)29(39)36-27-19-22(30(40)35-26-11-9-25(33)10-12-26)6-13-28(27)37-15-2-16-38(18-17-37)31(41)23-3-1-14-34-20-23/h1,3-8,13-14,19-20,25-26H,2,9-12,15-18,33H2,(H,35,40)(H,36,39). The lowest BCUT2D eigenvalue weighted by Crippen LogP contribution is -2.40. The summed E-state index contributed by atoms with van der Waals surface area (Å²) in [5, 5.41) is 6.05. The Morgan fingerprint density at radius 1 is 0.854 bits per heavy atom. The molecule has 5 rings (SSSR count). The lowest BCUT2D eigenvalue weighted by atomic mass is 9.91. The highest BCUT2D eigenvalue weighted by Crippen LogP contribution is 2.30. The van der Waals surface area contributed by atoms with Crippen LogP contribution < -0.4 is 21.3 Å². The van der Waals surface area contributed by atoms with Crippen LogP contribution in [-0.2, 0) is 0 Å². The molecule has 0 radical (unpaired) electrons. The molecule has 2 fully saturated rings. The van der Waals surface area contributed by atoms with Gasteiger partial charge in [0.15, 0.2) is 0 Å². The largest absolute Gasteiger partial charge is 0.368 e. The number of hydrogen-bond acceptors (Lipinski definition) is 6. The lowest BCUT2D eigenvalue weighted by Gasteiger charge is -2.28. The Labute approximate surface area is 238 Å². The smallest absolute Gasteiger partial charge is 0.255 e. The molecule has 1 aliphatic heterocycles. The molecule has 4 N–H and O–H groups in total. The van der Waals surface area contributed by atoms with Gasteiger partial charge in [-0.2, -0.15) is 0 Å². The summed E-state index contributed by atoms with van der Waals surface area (Å²) in [6, 6.07) is 14.3. The zero-order valence-electron chi connectivity index (χ0n) is 22.9. The van der Waals surface area contributed by atoms with E-state index in [1.54, 1.807) is 36.7 Å². The van der Waals surface area contributed by atoms with Crippen molar-refractivity contribution >= 4 is 29.1 Å². The number of nitrogens with zero attached hydrogens (tertiary/aromatic N) is 3. The van der Waals surface area contributed by atoms with Crippen LogP contribution in [0.2, 0.25) is 0 Å². The maximum Gasteiger partial charge on any atom is 0.255 e. The van der Waals surface area contributed by atoms with Gasteiger partial charge in [0.25, 0.3) is 17.7 Å². The van der Waals surface area contributed by atoms with Gasteiger partial charge in [-0.25, -0.2) is 4.39 Å². The number of nitrogens with two attached hydrogens (primary N) is 1. The van der Waals surface area contributed by atoms with E-state index >= 15 is 0 Å². The van der Waals surface area contributed by atoms with E-state index in [1.807, 2.05) is 11.0 Å². The van der Waals surface area contributed by atoms with Crippen molar-refractivity contribution in [2.45, 2.75) is 44.2 Å². The molecule has 2 aromatic carbocycles. The molecule has 3 amide bonds. The average molecular weight is 559 g/mol. The summed E-state index contributed by atoms with van der Waals surface area (Å²) in [5.41, 5.74) is 8.51. The van der Waals surface area contributed by atoms with Crippen LogP contribution in [0.1, 0.15) is 63.2 Å². The van der Waals surface area contributed by atoms with Crippen molar-refractivity contribution in [3.05, 3.63) is 89.5 Å². The summed E-state index contributed by atoms with van der Waals surface area (Å²) < 4.78 is 13.5. The predicted octanol–water partition coefficient (Wildman–Crippen LogP) is 3.83. The number of anilines is 2. The average Bonchev–Trinajstić information content (AvgIpc) is 3.25. The minimum absolute atomic E-state index is 0.0631. The molecule has 1 aromatic heterocycles. The van der Waals surface area contributed by atoms with Crippen LogP contribution in [0.15, 0.2) is 67.0 Å². The van der Waals surface area contributed by atoms with Crippen LogP contribution in [0.5, 0.6) is 0 Å². The summed E-state index contributed by atoms with van der Waals surface area (Å²) in [4.78, 5) is 47.3. The first kappa shape index (κ1) is 28.2. The van der Waals surface area contributed by atoms with E-state index < -0.39 is 11.7 Å². The highest BCUT2D eigenvalue weighted by Gasteiger charge is 2.25. The lowest BCUT2D eigenvalue weighted by molar-refractivity contribution is 0.0766. The normalized spacial score (nSPS) is 19.3. The first-order valence-electron chi connectivity index (χ1n) is 14.1. The van der Waals surface area contributed by atoms with Gasteiger partial charge >= 0.3 is 0 Å². The third kappa shape index (κ3) is 7.07. The van der Waals surface area contributed by atoms with Crippen LogP contribution >= 0.6 is 0 Å². The van der Waals surface area contributed by atoms with Crippen molar-refractivity contribution in [2.75, 3.05) is 36.4 Å². The Kier molecular flexibility index (Phi) is 8.88. The minimum Gasteiger partial charge on any atom is -0.368 e. The maximum absolute atomic E-state index is 13.5. The Hall–Kier alpha value is -4.31. The molecule has 1 saturated carbocycles. The van der Waals surface area contributed by atoms with Gasteiger partial charge in [-0.05, 0) is 86.7 Å². The van der Waals surface area contributed by atoms with E-state index in [1.165, 1.54) is 24.3 Å². The van der Waals surface area contributed by atoms with E-state index in [9.17, 15) is 18.8 Å². The number of amides is 3. The highest BCUT2D eigenvalue weighted by atomic mass is 19.1. The number of benzene rings is 2. The Bertz CT molecular complexity index is 1380. The molecule has 1 aliphatic carbocycles. The zero-order chi connectivity index (χ0) is 28.8. The van der Waals surface area contributed by atoms with Gasteiger partial charge in [-0.1, -0.05) is 0 Å². The number of hydrogen-bond donors (Lipinski definition) is 3. The molecule has 0 atom stereocenters. The highest BCUT2D eigenvalue weighted by molar-refractivity contribution is 6.07. The first-order chi connectivity index (χ1) is 19.9. The summed E-state index contributed by atoms with van der Waals surface area (Å²) in [6.07, 6.45) is 7.35. The molecule has 0 bridgehead atoms. The summed E-state index contributed by atoms with van der Waals surface area (Å²) in [6.45, 7) is 2.28. The van der Waals surface area contributed by atoms with Crippen molar-refractivity contribution in [1.29, 1.82) is 0 Å². The van der Waals surface area contributed by atoms with Crippen molar-refractivity contribution < 1.29 is 18.8 Å². The zero-order valence-corrected chi connectivity index (χ0v) is 22.9. The predicted molar refractivity (Wildman–Crippen MR) is 155 cm³/mol. The van der Waals surface area contributed by atoms with Crippen LogP contribution in [0.4, 0.5) is 15.8 Å². The van der Waals surface area contributed by atoms with Crippen molar-refractivity contribution in [1.82, 2.24) is 15.2 Å². The minimum atomic E-state index is -0.431. The second-order valence-corrected chi connectivity index (χ2v) is 10.7. The Morgan fingerprint density at radius 2 is 1.61 bits per heavy atom. The molecule has 214 valence electrons. The van der Waals surface area contributed by atoms with Crippen LogP contribution in [0.25, 0.3) is 0 Å². The Balaban J connectivity index is 1.36. The molecule has 41 heavy (non-hydrogen) atoms. The van der Waals surface area contributed by atoms with Crippen molar-refractivity contribution in [3.63, 3.8) is 0 Å². The number of rotatable bonds is 6. The van der Waals surface area contributed by atoms with Crippen LogP contribution in [0, 0.1) is 5.82 Å². The number of pyridine rings is 1. The molecule has 0 spiro atoms. The van der Waals surface area contributed by atoms with Gasteiger partial charge in [-0.3, -0.25) is 19.4 Å². The third-order valence-corrected chi connectivity index (χ3v) is 7.75. The monoisotopic (exact) mass is 558 g/mol. The summed E-state index contributed by atoms with van der Waals surface area (Å²) in [7, 11) is 0. The number of halogens is 1. The molecule has 2 heterocycles. The molecule has 1 saturated heterocycles. The molecular formula is C31H35FN6O3. The fourth-order valence-electron chi connectivity index (χ4n) is 5.41. The molecule has 3 aromatic rings. The number of carbonyl (C=O) groups excluding carboxylic acids is 3. The van der Waals surface area contributed by atoms with E-state index in [0.29, 0.717) is 48.6 Å². The quantitative estimate of drug-likeness (QED) is 0.423. The summed E-state index contributed by atoms with van der Waals surface area (Å²) in [5.74, 6) is -1.12. The van der Waals surface area contributed by atoms with Gasteiger partial charge in [0.1, 0.15) is 5.82 Å². The molecule has 9 nitrogen and oxygen atoms in total. The maximum atomic E-state index is 13.5. The number of nitrogens with one attached hydrogen (secondary N) is 2. The fourth-order valence-corrected chi connectivity index (χ4v) is 5.41. The van der Waals surface area contributed by atoms with E-state index in [2.05, 4.69) is 20.5 Å². The Morgan fingerprint density at radius 3 is 2.34 bits per heavy atom. The van der Waals surface area contributed by atoms with Crippen molar-refractivity contribution in [3.8, 4) is 0 Å². The van der Waals surface area contributed by atoms with Gasteiger partial charge < -0.3 is 26.2 Å². The van der Waals surface area contributed by atoms with E-state index in [4.69, 9.17) is 5.73 Å². The first-order valence-corrected chi connectivity index (χ1v) is 14.1. The molecular weight excluding hydrogens is 523 g/mol. The van der Waals surface area contributed by atoms with Gasteiger partial charge in [0, 0.05) is 61.8 Å². The topological polar surface area (TPSA) is 121 Å². The summed E-state index contributed by atoms with van der Waals surface area (Å²) >= 11 is 0. The van der Waals surface area contributed by atoms with Crippen molar-refractivity contribution in [2.24, 2.45) is 5.73 Å².